The van der Waals surface area contributed by atoms with Crippen LogP contribution in [0.2, 0.25) is 0 Å². The summed E-state index contributed by atoms with van der Waals surface area (Å²) in [6.07, 6.45) is 3.29. The number of rotatable bonds is 1. The summed E-state index contributed by atoms with van der Waals surface area (Å²) in [4.78, 5) is 12.7. The summed E-state index contributed by atoms with van der Waals surface area (Å²) >= 11 is 0. The minimum absolute atomic E-state index is 0.733. The second kappa shape index (κ2) is 3.70. The van der Waals surface area contributed by atoms with E-state index in [0.717, 1.165) is 22.3 Å². The summed E-state index contributed by atoms with van der Waals surface area (Å²) < 4.78 is 0. The molecule has 0 bridgehead atoms. The van der Waals surface area contributed by atoms with Gasteiger partial charge in [0.1, 0.15) is 6.33 Å². The second-order valence-corrected chi connectivity index (χ2v) is 3.46. The Labute approximate surface area is 92.8 Å². The van der Waals surface area contributed by atoms with Gasteiger partial charge in [0.15, 0.2) is 5.65 Å². The molecule has 2 heterocycles. The van der Waals surface area contributed by atoms with Gasteiger partial charge >= 0.3 is 0 Å². The van der Waals surface area contributed by atoms with Crippen molar-refractivity contribution < 1.29 is 0 Å². The van der Waals surface area contributed by atoms with Gasteiger partial charge in [0.05, 0.1) is 5.69 Å². The fourth-order valence-corrected chi connectivity index (χ4v) is 1.72. The van der Waals surface area contributed by atoms with E-state index in [9.17, 15) is 0 Å². The zero-order valence-corrected chi connectivity index (χ0v) is 8.54. The molecule has 0 saturated carbocycles. The smallest absolute Gasteiger partial charge is 0.163 e. The molecule has 0 aliphatic rings. The lowest BCUT2D eigenvalue weighted by atomic mass is 10.1. The highest BCUT2D eigenvalue weighted by Crippen LogP contribution is 2.23. The lowest BCUT2D eigenvalue weighted by Gasteiger charge is -2.03. The van der Waals surface area contributed by atoms with Gasteiger partial charge in [-0.1, -0.05) is 30.3 Å². The first-order valence-electron chi connectivity index (χ1n) is 5.06. The first kappa shape index (κ1) is 8.97. The van der Waals surface area contributed by atoms with Crippen LogP contribution in [0.4, 0.5) is 0 Å². The predicted octanol–water partition coefficient (Wildman–Crippen LogP) is 2.69. The number of nitrogens with zero attached hydrogens (tertiary/aromatic N) is 3. The Morgan fingerprint density at radius 2 is 1.62 bits per heavy atom. The van der Waals surface area contributed by atoms with Crippen LogP contribution in [0.5, 0.6) is 0 Å². The highest BCUT2D eigenvalue weighted by atomic mass is 14.9. The highest BCUT2D eigenvalue weighted by molar-refractivity contribution is 5.89. The summed E-state index contributed by atoms with van der Waals surface area (Å²) in [5.41, 5.74) is 2.75. The van der Waals surface area contributed by atoms with Gasteiger partial charge in [-0.15, -0.1) is 0 Å². The van der Waals surface area contributed by atoms with Crippen molar-refractivity contribution in [1.82, 2.24) is 15.0 Å². The standard InChI is InChI=1S/C13H9N3/c1-2-5-10(6-3-1)12-11-7-4-8-14-13(11)16-9-15-12/h1-9H. The first-order valence-corrected chi connectivity index (χ1v) is 5.06. The summed E-state index contributed by atoms with van der Waals surface area (Å²) in [7, 11) is 0. The molecule has 3 nitrogen and oxygen atoms in total. The number of hydrogen-bond donors (Lipinski definition) is 0. The maximum absolute atomic E-state index is 4.33. The lowest BCUT2D eigenvalue weighted by molar-refractivity contribution is 1.18. The minimum atomic E-state index is 0.733. The SMILES string of the molecule is c1ccc(-c2ncnc3ncccc23)cc1. The van der Waals surface area contributed by atoms with E-state index in [2.05, 4.69) is 15.0 Å². The molecule has 0 radical (unpaired) electrons. The van der Waals surface area contributed by atoms with E-state index in [1.165, 1.54) is 0 Å². The van der Waals surface area contributed by atoms with Crippen molar-refractivity contribution in [3.63, 3.8) is 0 Å². The Hall–Kier alpha value is -2.29. The average molecular weight is 207 g/mol. The molecule has 0 aliphatic heterocycles. The number of fused-ring (bicyclic) bond motifs is 1. The molecule has 0 spiro atoms. The van der Waals surface area contributed by atoms with E-state index in [4.69, 9.17) is 0 Å². The van der Waals surface area contributed by atoms with Crippen LogP contribution in [0.15, 0.2) is 55.0 Å². The minimum Gasteiger partial charge on any atom is -0.237 e. The molecule has 3 rings (SSSR count). The maximum Gasteiger partial charge on any atom is 0.163 e. The van der Waals surface area contributed by atoms with Crippen molar-refractivity contribution >= 4 is 11.0 Å². The molecule has 16 heavy (non-hydrogen) atoms. The Bertz CT molecular complexity index is 615. The second-order valence-electron chi connectivity index (χ2n) is 3.46. The van der Waals surface area contributed by atoms with E-state index in [1.54, 1.807) is 12.5 Å². The van der Waals surface area contributed by atoms with Crippen LogP contribution >= 0.6 is 0 Å². The zero-order chi connectivity index (χ0) is 10.8. The Morgan fingerprint density at radius 3 is 2.50 bits per heavy atom. The largest absolute Gasteiger partial charge is 0.237 e. The Balaban J connectivity index is 2.32. The number of pyridine rings is 1. The third kappa shape index (κ3) is 1.42. The molecule has 0 unspecified atom stereocenters. The van der Waals surface area contributed by atoms with Gasteiger partial charge < -0.3 is 0 Å². The zero-order valence-electron chi connectivity index (χ0n) is 8.54. The van der Waals surface area contributed by atoms with Crippen LogP contribution in [0.25, 0.3) is 22.3 Å². The molecular formula is C13H9N3. The molecule has 0 N–H and O–H groups in total. The van der Waals surface area contributed by atoms with Crippen molar-refractivity contribution in [2.24, 2.45) is 0 Å². The first-order chi connectivity index (χ1) is 7.95. The van der Waals surface area contributed by atoms with Crippen molar-refractivity contribution in [2.75, 3.05) is 0 Å². The molecule has 3 aromatic rings. The Morgan fingerprint density at radius 1 is 0.750 bits per heavy atom. The number of benzene rings is 1. The van der Waals surface area contributed by atoms with Crippen molar-refractivity contribution in [1.29, 1.82) is 0 Å². The number of hydrogen-bond acceptors (Lipinski definition) is 3. The quantitative estimate of drug-likeness (QED) is 0.615. The van der Waals surface area contributed by atoms with Crippen molar-refractivity contribution in [3.8, 4) is 11.3 Å². The molecule has 0 fully saturated rings. The third-order valence-corrected chi connectivity index (χ3v) is 2.46. The lowest BCUT2D eigenvalue weighted by Crippen LogP contribution is -1.90. The van der Waals surface area contributed by atoms with E-state index in [1.807, 2.05) is 42.5 Å². The predicted molar refractivity (Wildman–Crippen MR) is 62.8 cm³/mol. The van der Waals surface area contributed by atoms with Gasteiger partial charge in [-0.3, -0.25) is 0 Å². The van der Waals surface area contributed by atoms with Crippen molar-refractivity contribution in [2.45, 2.75) is 0 Å². The van der Waals surface area contributed by atoms with E-state index in [-0.39, 0.29) is 0 Å². The van der Waals surface area contributed by atoms with Gasteiger partial charge in [-0.05, 0) is 12.1 Å². The van der Waals surface area contributed by atoms with Gasteiger partial charge in [-0.25, -0.2) is 15.0 Å². The third-order valence-electron chi connectivity index (χ3n) is 2.46. The molecule has 0 atom stereocenters. The van der Waals surface area contributed by atoms with E-state index < -0.39 is 0 Å². The molecule has 76 valence electrons. The van der Waals surface area contributed by atoms with Gasteiger partial charge in [0.2, 0.25) is 0 Å². The molecular weight excluding hydrogens is 198 g/mol. The summed E-state index contributed by atoms with van der Waals surface area (Å²) in [5.74, 6) is 0. The average Bonchev–Trinajstić information content (AvgIpc) is 2.39. The van der Waals surface area contributed by atoms with E-state index >= 15 is 0 Å². The van der Waals surface area contributed by atoms with Gasteiger partial charge in [0, 0.05) is 17.1 Å². The molecule has 0 amide bonds. The van der Waals surface area contributed by atoms with E-state index in [0.29, 0.717) is 0 Å². The topological polar surface area (TPSA) is 38.7 Å². The summed E-state index contributed by atoms with van der Waals surface area (Å²) in [6.45, 7) is 0. The summed E-state index contributed by atoms with van der Waals surface area (Å²) in [5, 5.41) is 0.983. The Kier molecular flexibility index (Phi) is 2.07. The summed E-state index contributed by atoms with van der Waals surface area (Å²) in [6, 6.07) is 14.0. The van der Waals surface area contributed by atoms with Crippen LogP contribution in [0, 0.1) is 0 Å². The fraction of sp³-hybridized carbons (Fsp3) is 0. The van der Waals surface area contributed by atoms with Crippen LogP contribution in [-0.2, 0) is 0 Å². The van der Waals surface area contributed by atoms with Crippen LogP contribution in [0.3, 0.4) is 0 Å². The molecule has 0 saturated heterocycles. The van der Waals surface area contributed by atoms with Crippen molar-refractivity contribution in [3.05, 3.63) is 55.0 Å². The monoisotopic (exact) mass is 207 g/mol. The molecule has 3 heteroatoms. The normalized spacial score (nSPS) is 10.5. The molecule has 1 aromatic carbocycles. The van der Waals surface area contributed by atoms with Gasteiger partial charge in [-0.2, -0.15) is 0 Å². The molecule has 2 aromatic heterocycles. The molecule has 0 aliphatic carbocycles. The van der Waals surface area contributed by atoms with Crippen LogP contribution in [-0.4, -0.2) is 15.0 Å². The number of aromatic nitrogens is 3. The highest BCUT2D eigenvalue weighted by Gasteiger charge is 2.05. The fourth-order valence-electron chi connectivity index (χ4n) is 1.72. The van der Waals surface area contributed by atoms with Crippen LogP contribution in [0.1, 0.15) is 0 Å². The maximum atomic E-state index is 4.33. The van der Waals surface area contributed by atoms with Gasteiger partial charge in [0.25, 0.3) is 0 Å². The van der Waals surface area contributed by atoms with Crippen LogP contribution < -0.4 is 0 Å².